The minimum Gasteiger partial charge on any atom is -0.479 e. The highest BCUT2D eigenvalue weighted by Crippen LogP contribution is 2.33. The lowest BCUT2D eigenvalue weighted by atomic mass is 9.85. The van der Waals surface area contributed by atoms with Crippen LogP contribution in [0.4, 0.5) is 0 Å². The van der Waals surface area contributed by atoms with E-state index in [1.807, 2.05) is 45.9 Å². The molecule has 160 valence electrons. The Kier molecular flexibility index (Phi) is 10.1. The fourth-order valence-corrected chi connectivity index (χ4v) is 3.18. The molecule has 0 heterocycles. The molecule has 1 rings (SSSR count). The van der Waals surface area contributed by atoms with Gasteiger partial charge in [-0.2, -0.15) is 0 Å². The SMILES string of the molecule is CC(C)OCC(C)(C)C(O)C=C[C@H]1CCC(=O)[C@@H]1CC=CCCC(O)C(=O)O. The molecule has 1 aliphatic carbocycles. The highest BCUT2D eigenvalue weighted by atomic mass is 16.5. The summed E-state index contributed by atoms with van der Waals surface area (Å²) >= 11 is 0. The van der Waals surface area contributed by atoms with Crippen molar-refractivity contribution in [3.05, 3.63) is 24.3 Å². The lowest BCUT2D eigenvalue weighted by Crippen LogP contribution is -2.33. The molecule has 2 unspecified atom stereocenters. The Hall–Kier alpha value is -1.50. The second-order valence-corrected chi connectivity index (χ2v) is 8.59. The second kappa shape index (κ2) is 11.5. The first-order valence-corrected chi connectivity index (χ1v) is 10.1. The maximum atomic E-state index is 12.2. The van der Waals surface area contributed by atoms with Crippen LogP contribution in [-0.2, 0) is 14.3 Å². The number of ether oxygens (including phenoxy) is 1. The number of carbonyl (C=O) groups excluding carboxylic acids is 1. The summed E-state index contributed by atoms with van der Waals surface area (Å²) < 4.78 is 5.63. The Labute approximate surface area is 168 Å². The molecule has 0 aromatic rings. The summed E-state index contributed by atoms with van der Waals surface area (Å²) in [6, 6.07) is 0. The van der Waals surface area contributed by atoms with Crippen LogP contribution in [0.1, 0.15) is 59.8 Å². The van der Waals surface area contributed by atoms with E-state index < -0.39 is 23.6 Å². The van der Waals surface area contributed by atoms with Gasteiger partial charge in [0, 0.05) is 17.8 Å². The first-order chi connectivity index (χ1) is 13.0. The van der Waals surface area contributed by atoms with Crippen LogP contribution in [0.3, 0.4) is 0 Å². The number of ketones is 1. The fourth-order valence-electron chi connectivity index (χ4n) is 3.18. The van der Waals surface area contributed by atoms with Crippen LogP contribution in [0.2, 0.25) is 0 Å². The third-order valence-electron chi connectivity index (χ3n) is 5.23. The van der Waals surface area contributed by atoms with Crippen LogP contribution >= 0.6 is 0 Å². The zero-order chi connectivity index (χ0) is 21.3. The van der Waals surface area contributed by atoms with Gasteiger partial charge in [0.25, 0.3) is 0 Å². The van der Waals surface area contributed by atoms with Crippen molar-refractivity contribution in [2.24, 2.45) is 17.3 Å². The monoisotopic (exact) mass is 396 g/mol. The van der Waals surface area contributed by atoms with Crippen LogP contribution in [0, 0.1) is 17.3 Å². The van der Waals surface area contributed by atoms with Gasteiger partial charge in [0.1, 0.15) is 5.78 Å². The van der Waals surface area contributed by atoms with E-state index in [0.717, 1.165) is 6.42 Å². The molecule has 0 aliphatic heterocycles. The number of aliphatic carboxylic acids is 1. The predicted octanol–water partition coefficient (Wildman–Crippen LogP) is 3.12. The van der Waals surface area contributed by atoms with Crippen molar-refractivity contribution in [3.63, 3.8) is 0 Å². The molecule has 0 saturated heterocycles. The van der Waals surface area contributed by atoms with E-state index in [9.17, 15) is 19.8 Å². The number of carbonyl (C=O) groups is 2. The Bertz CT molecular complexity index is 563. The molecule has 1 aliphatic rings. The maximum Gasteiger partial charge on any atom is 0.332 e. The van der Waals surface area contributed by atoms with E-state index in [4.69, 9.17) is 9.84 Å². The van der Waals surface area contributed by atoms with Gasteiger partial charge in [0.05, 0.1) is 18.8 Å². The largest absolute Gasteiger partial charge is 0.479 e. The number of hydrogen-bond acceptors (Lipinski definition) is 5. The number of rotatable bonds is 12. The molecule has 4 atom stereocenters. The van der Waals surface area contributed by atoms with E-state index in [1.54, 1.807) is 6.08 Å². The van der Waals surface area contributed by atoms with E-state index in [1.165, 1.54) is 0 Å². The Morgan fingerprint density at radius 1 is 1.29 bits per heavy atom. The summed E-state index contributed by atoms with van der Waals surface area (Å²) in [7, 11) is 0. The van der Waals surface area contributed by atoms with E-state index in [2.05, 4.69) is 0 Å². The topological polar surface area (TPSA) is 104 Å². The van der Waals surface area contributed by atoms with Crippen LogP contribution < -0.4 is 0 Å². The van der Waals surface area contributed by atoms with Gasteiger partial charge in [-0.05, 0) is 45.4 Å². The highest BCUT2D eigenvalue weighted by molar-refractivity contribution is 5.83. The van der Waals surface area contributed by atoms with Gasteiger partial charge >= 0.3 is 5.97 Å². The first kappa shape index (κ1) is 24.5. The van der Waals surface area contributed by atoms with Gasteiger partial charge in [-0.1, -0.05) is 38.2 Å². The molecule has 28 heavy (non-hydrogen) atoms. The van der Waals surface area contributed by atoms with Crippen LogP contribution in [0.25, 0.3) is 0 Å². The molecule has 1 saturated carbocycles. The van der Waals surface area contributed by atoms with Gasteiger partial charge in [0.2, 0.25) is 0 Å². The lowest BCUT2D eigenvalue weighted by molar-refractivity contribution is -0.146. The van der Waals surface area contributed by atoms with E-state index in [0.29, 0.717) is 25.9 Å². The average Bonchev–Trinajstić information content (AvgIpc) is 2.97. The van der Waals surface area contributed by atoms with Gasteiger partial charge in [-0.3, -0.25) is 4.79 Å². The first-order valence-electron chi connectivity index (χ1n) is 10.1. The Morgan fingerprint density at radius 3 is 2.57 bits per heavy atom. The zero-order valence-corrected chi connectivity index (χ0v) is 17.5. The molecule has 1 fully saturated rings. The van der Waals surface area contributed by atoms with Crippen molar-refractivity contribution in [2.75, 3.05) is 6.61 Å². The summed E-state index contributed by atoms with van der Waals surface area (Å²) in [5.41, 5.74) is -0.413. The third-order valence-corrected chi connectivity index (χ3v) is 5.23. The standard InChI is InChI=1S/C22H36O6/c1-15(2)28-14-22(3,4)20(25)13-11-16-10-12-18(23)17(16)8-6-5-7-9-19(24)21(26)27/h5-6,11,13,15-17,19-20,24-25H,7-10,12,14H2,1-4H3,(H,26,27)/t16-,17-,19?,20?/m1/s1. The van der Waals surface area contributed by atoms with Crippen molar-refractivity contribution in [1.82, 2.24) is 0 Å². The number of carboxylic acid groups (broad SMARTS) is 1. The van der Waals surface area contributed by atoms with Crippen LogP contribution in [-0.4, -0.2) is 52.0 Å². The van der Waals surface area contributed by atoms with Crippen molar-refractivity contribution < 1.29 is 29.6 Å². The number of aliphatic hydroxyl groups excluding tert-OH is 2. The normalized spacial score (nSPS) is 23.2. The summed E-state index contributed by atoms with van der Waals surface area (Å²) in [6.07, 6.45) is 8.08. The third kappa shape index (κ3) is 8.25. The molecule has 3 N–H and O–H groups in total. The summed E-state index contributed by atoms with van der Waals surface area (Å²) in [4.78, 5) is 22.8. The minimum absolute atomic E-state index is 0.0956. The van der Waals surface area contributed by atoms with Gasteiger partial charge in [-0.25, -0.2) is 4.79 Å². The highest BCUT2D eigenvalue weighted by Gasteiger charge is 2.33. The summed E-state index contributed by atoms with van der Waals surface area (Å²) in [5.74, 6) is -1.01. The number of allylic oxidation sites excluding steroid dienone is 3. The maximum absolute atomic E-state index is 12.2. The van der Waals surface area contributed by atoms with E-state index >= 15 is 0 Å². The van der Waals surface area contributed by atoms with Crippen molar-refractivity contribution in [3.8, 4) is 0 Å². The lowest BCUT2D eigenvalue weighted by Gasteiger charge is -2.29. The van der Waals surface area contributed by atoms with Crippen LogP contribution in [0.5, 0.6) is 0 Å². The zero-order valence-electron chi connectivity index (χ0n) is 17.5. The molecular formula is C22H36O6. The molecular weight excluding hydrogens is 360 g/mol. The van der Waals surface area contributed by atoms with Crippen molar-refractivity contribution in [1.29, 1.82) is 0 Å². The van der Waals surface area contributed by atoms with Gasteiger partial charge in [-0.15, -0.1) is 0 Å². The molecule has 0 spiro atoms. The van der Waals surface area contributed by atoms with Gasteiger partial charge in [0.15, 0.2) is 6.10 Å². The molecule has 0 bridgehead atoms. The predicted molar refractivity (Wildman–Crippen MR) is 108 cm³/mol. The Morgan fingerprint density at radius 2 is 1.96 bits per heavy atom. The molecule has 6 nitrogen and oxygen atoms in total. The van der Waals surface area contributed by atoms with Crippen molar-refractivity contribution >= 4 is 11.8 Å². The fraction of sp³-hybridized carbons (Fsp3) is 0.727. The van der Waals surface area contributed by atoms with Gasteiger partial charge < -0.3 is 20.1 Å². The molecule has 0 aromatic carbocycles. The molecule has 6 heteroatoms. The summed E-state index contributed by atoms with van der Waals surface area (Å²) in [5, 5.41) is 28.4. The number of hydrogen-bond donors (Lipinski definition) is 3. The van der Waals surface area contributed by atoms with Crippen LogP contribution in [0.15, 0.2) is 24.3 Å². The van der Waals surface area contributed by atoms with E-state index in [-0.39, 0.29) is 30.1 Å². The van der Waals surface area contributed by atoms with Crippen molar-refractivity contribution in [2.45, 2.75) is 78.1 Å². The quantitative estimate of drug-likeness (QED) is 0.438. The molecule has 0 radical (unpaired) electrons. The number of aliphatic hydroxyl groups is 2. The number of carboxylic acids is 1. The minimum atomic E-state index is -1.35. The molecule has 0 amide bonds. The molecule has 0 aromatic heterocycles. The Balaban J connectivity index is 2.56. The second-order valence-electron chi connectivity index (χ2n) is 8.59. The smallest absolute Gasteiger partial charge is 0.332 e. The number of Topliss-reactive ketones (excluding diaryl/α,β-unsaturated/α-hetero) is 1. The summed E-state index contributed by atoms with van der Waals surface area (Å²) in [6.45, 7) is 8.28. The average molecular weight is 397 g/mol.